The monoisotopic (exact) mass is 1030 g/mol. The fraction of sp³-hybridized carbons (Fsp3) is 0.147. The molecule has 79 heavy (non-hydrogen) atoms. The van der Waals surface area contributed by atoms with Gasteiger partial charge in [0.1, 0.15) is 11.6 Å². The van der Waals surface area contributed by atoms with Crippen LogP contribution in [-0.4, -0.2) is 0 Å². The number of halogens is 2. The molecule has 0 aromatic heterocycles. The Morgan fingerprint density at radius 3 is 0.835 bits per heavy atom. The molecule has 0 N–H and O–H groups in total. The predicted molar refractivity (Wildman–Crippen MR) is 329 cm³/mol. The number of hydrogen-bond donors (Lipinski definition) is 0. The van der Waals surface area contributed by atoms with Crippen molar-refractivity contribution < 1.29 is 8.78 Å². The molecule has 0 fully saturated rings. The second-order valence-electron chi connectivity index (χ2n) is 23.4. The van der Waals surface area contributed by atoms with Gasteiger partial charge < -0.3 is 9.80 Å². The van der Waals surface area contributed by atoms with Gasteiger partial charge in [0.15, 0.2) is 0 Å². The summed E-state index contributed by atoms with van der Waals surface area (Å²) in [6, 6.07) is 71.6. The van der Waals surface area contributed by atoms with Gasteiger partial charge in [0.2, 0.25) is 0 Å². The lowest BCUT2D eigenvalue weighted by Crippen LogP contribution is -2.17. The second kappa shape index (κ2) is 18.7. The van der Waals surface area contributed by atoms with Gasteiger partial charge in [-0.25, -0.2) is 8.78 Å². The van der Waals surface area contributed by atoms with E-state index in [0.29, 0.717) is 0 Å². The fourth-order valence-corrected chi connectivity index (χ4v) is 13.0. The van der Waals surface area contributed by atoms with Crippen LogP contribution in [-0.2, 0) is 16.2 Å². The molecule has 3 aliphatic carbocycles. The highest BCUT2D eigenvalue weighted by Crippen LogP contribution is 2.54. The van der Waals surface area contributed by atoms with Crippen LogP contribution in [0.3, 0.4) is 0 Å². The van der Waals surface area contributed by atoms with Gasteiger partial charge in [0, 0.05) is 50.4 Å². The highest BCUT2D eigenvalue weighted by Gasteiger charge is 2.39. The number of rotatable bonds is 10. The molecular formula is C75H62F2N2. The molecular weight excluding hydrogens is 967 g/mol. The van der Waals surface area contributed by atoms with Crippen molar-refractivity contribution in [3.63, 3.8) is 0 Å². The third-order valence-corrected chi connectivity index (χ3v) is 17.4. The molecule has 0 aliphatic heterocycles. The molecule has 4 heteroatoms. The predicted octanol–water partition coefficient (Wildman–Crippen LogP) is 20.8. The lowest BCUT2D eigenvalue weighted by Gasteiger charge is -2.29. The van der Waals surface area contributed by atoms with Crippen molar-refractivity contribution in [3.05, 3.63) is 285 Å². The van der Waals surface area contributed by atoms with Gasteiger partial charge in [-0.1, -0.05) is 187 Å². The first-order valence-electron chi connectivity index (χ1n) is 27.5. The zero-order valence-electron chi connectivity index (χ0n) is 46.1. The average Bonchev–Trinajstić information content (AvgIpc) is 4.14. The molecule has 10 aromatic rings. The molecule has 0 atom stereocenters. The molecule has 0 spiro atoms. The Labute approximate surface area is 464 Å². The Balaban J connectivity index is 0.733. The van der Waals surface area contributed by atoms with Crippen LogP contribution in [0.4, 0.5) is 42.9 Å². The highest BCUT2D eigenvalue weighted by atomic mass is 19.1. The van der Waals surface area contributed by atoms with E-state index in [9.17, 15) is 8.78 Å². The Morgan fingerprint density at radius 1 is 0.291 bits per heavy atom. The molecule has 0 unspecified atom stereocenters. The van der Waals surface area contributed by atoms with E-state index in [2.05, 4.69) is 247 Å². The van der Waals surface area contributed by atoms with Crippen LogP contribution >= 0.6 is 0 Å². The van der Waals surface area contributed by atoms with Crippen LogP contribution in [0.15, 0.2) is 206 Å². The van der Waals surface area contributed by atoms with Gasteiger partial charge in [-0.3, -0.25) is 0 Å². The van der Waals surface area contributed by atoms with E-state index in [0.717, 1.165) is 45.3 Å². The lowest BCUT2D eigenvalue weighted by molar-refractivity contribution is 0.627. The van der Waals surface area contributed by atoms with Crippen molar-refractivity contribution in [1.82, 2.24) is 0 Å². The first-order chi connectivity index (χ1) is 38.0. The number of aryl methyl sites for hydroxylation is 2. The van der Waals surface area contributed by atoms with Crippen LogP contribution in [0.2, 0.25) is 0 Å². The standard InChI is InChI=1S/C75H62F2N2/c1-47-13-9-11-15-71(47)78(55-29-25-53(76)26-30-55)57-33-39-63-61-37-23-51(43-67(61)74(5,6)69(63)45-57)19-17-49-21-35-59-60-36-22-50(42-66(60)73(3,4)65(59)41-49)18-20-52-24-38-62-64-40-34-58(46-70(64)75(7,8)68(62)44-52)79(56-31-27-54(77)28-32-56)72-16-12-10-14-48(72)2/h9-46H,1-8H3. The van der Waals surface area contributed by atoms with Crippen LogP contribution in [0.5, 0.6) is 0 Å². The Hall–Kier alpha value is -8.86. The third kappa shape index (κ3) is 8.36. The Bertz CT molecular complexity index is 3890. The molecule has 0 saturated heterocycles. The molecule has 2 nitrogen and oxygen atoms in total. The van der Waals surface area contributed by atoms with E-state index in [-0.39, 0.29) is 27.9 Å². The smallest absolute Gasteiger partial charge is 0.123 e. The minimum Gasteiger partial charge on any atom is -0.310 e. The number of hydrogen-bond acceptors (Lipinski definition) is 2. The maximum atomic E-state index is 14.2. The normalized spacial score (nSPS) is 14.7. The van der Waals surface area contributed by atoms with Crippen LogP contribution in [0.25, 0.3) is 57.7 Å². The van der Waals surface area contributed by atoms with Crippen molar-refractivity contribution in [2.24, 2.45) is 0 Å². The van der Waals surface area contributed by atoms with Crippen LogP contribution in [0.1, 0.15) is 108 Å². The van der Waals surface area contributed by atoms with Gasteiger partial charge in [-0.05, 0) is 199 Å². The summed E-state index contributed by atoms with van der Waals surface area (Å²) < 4.78 is 28.3. The minimum atomic E-state index is -0.248. The number of para-hydroxylation sites is 2. The van der Waals surface area contributed by atoms with E-state index in [1.807, 2.05) is 24.3 Å². The summed E-state index contributed by atoms with van der Waals surface area (Å²) in [6.45, 7) is 18.3. The van der Waals surface area contributed by atoms with Crippen LogP contribution < -0.4 is 9.80 Å². The molecule has 10 aromatic carbocycles. The quantitative estimate of drug-likeness (QED) is 0.126. The van der Waals surface area contributed by atoms with Crippen molar-refractivity contribution in [3.8, 4) is 33.4 Å². The molecule has 0 heterocycles. The third-order valence-electron chi connectivity index (χ3n) is 17.4. The molecule has 386 valence electrons. The van der Waals surface area contributed by atoms with Gasteiger partial charge in [-0.15, -0.1) is 0 Å². The molecule has 0 saturated carbocycles. The zero-order chi connectivity index (χ0) is 54.5. The summed E-state index contributed by atoms with van der Waals surface area (Å²) in [6.07, 6.45) is 9.03. The Morgan fingerprint density at radius 2 is 0.544 bits per heavy atom. The number of benzene rings is 10. The van der Waals surface area contributed by atoms with Crippen molar-refractivity contribution in [2.45, 2.75) is 71.6 Å². The maximum Gasteiger partial charge on any atom is 0.123 e. The first kappa shape index (κ1) is 49.7. The SMILES string of the molecule is Cc1ccccc1N(c1ccc(F)cc1)c1ccc2c(c1)C(C)(C)c1cc(C=Cc3ccc4c(c3)C(C)(C)c3cc(C=Cc5ccc6c(c5)C(C)(C)c5cc(N(c7ccc(F)cc7)c7ccccc7C)ccc5-6)ccc3-4)ccc1-2. The second-order valence-corrected chi connectivity index (χ2v) is 23.4. The molecule has 3 aliphatic rings. The largest absolute Gasteiger partial charge is 0.310 e. The minimum absolute atomic E-state index is 0.181. The van der Waals surface area contributed by atoms with E-state index in [1.165, 1.54) is 113 Å². The van der Waals surface area contributed by atoms with E-state index < -0.39 is 0 Å². The van der Waals surface area contributed by atoms with Gasteiger partial charge in [0.25, 0.3) is 0 Å². The summed E-state index contributed by atoms with van der Waals surface area (Å²) in [4.78, 5) is 4.47. The van der Waals surface area contributed by atoms with Crippen molar-refractivity contribution in [1.29, 1.82) is 0 Å². The highest BCUT2D eigenvalue weighted by molar-refractivity contribution is 5.90. The van der Waals surface area contributed by atoms with Gasteiger partial charge >= 0.3 is 0 Å². The first-order valence-corrected chi connectivity index (χ1v) is 27.5. The zero-order valence-corrected chi connectivity index (χ0v) is 46.1. The number of fused-ring (bicyclic) bond motifs is 9. The molecule has 0 radical (unpaired) electrons. The maximum absolute atomic E-state index is 14.2. The van der Waals surface area contributed by atoms with Gasteiger partial charge in [-0.2, -0.15) is 0 Å². The van der Waals surface area contributed by atoms with E-state index >= 15 is 0 Å². The van der Waals surface area contributed by atoms with Crippen LogP contribution in [0, 0.1) is 25.5 Å². The Kier molecular flexibility index (Phi) is 11.7. The molecule has 0 amide bonds. The van der Waals surface area contributed by atoms with E-state index in [1.54, 1.807) is 0 Å². The summed E-state index contributed by atoms with van der Waals surface area (Å²) in [5, 5.41) is 0. The summed E-state index contributed by atoms with van der Waals surface area (Å²) in [5.41, 5.74) is 27.9. The average molecular weight is 1030 g/mol. The van der Waals surface area contributed by atoms with Gasteiger partial charge in [0.05, 0.1) is 0 Å². The number of anilines is 6. The number of nitrogens with zero attached hydrogens (tertiary/aromatic N) is 2. The molecule has 13 rings (SSSR count). The van der Waals surface area contributed by atoms with Crippen molar-refractivity contribution in [2.75, 3.05) is 9.80 Å². The summed E-state index contributed by atoms with van der Waals surface area (Å²) >= 11 is 0. The lowest BCUT2D eigenvalue weighted by atomic mass is 9.81. The molecule has 0 bridgehead atoms. The fourth-order valence-electron chi connectivity index (χ4n) is 13.0. The summed E-state index contributed by atoms with van der Waals surface area (Å²) in [5.74, 6) is -0.496. The topological polar surface area (TPSA) is 6.48 Å². The summed E-state index contributed by atoms with van der Waals surface area (Å²) in [7, 11) is 0. The van der Waals surface area contributed by atoms with E-state index in [4.69, 9.17) is 0 Å². The van der Waals surface area contributed by atoms with Crippen molar-refractivity contribution >= 4 is 58.4 Å².